The van der Waals surface area contributed by atoms with Crippen molar-refractivity contribution in [2.45, 2.75) is 51.5 Å². The lowest BCUT2D eigenvalue weighted by molar-refractivity contribution is -0.384. The van der Waals surface area contributed by atoms with Crippen LogP contribution in [0.25, 0.3) is 11.3 Å². The van der Waals surface area contributed by atoms with Crippen molar-refractivity contribution < 1.29 is 14.1 Å². The topological polar surface area (TPSA) is 85.4 Å². The normalized spacial score (nSPS) is 30.9. The molecule has 0 spiro atoms. The average Bonchev–Trinajstić information content (AvgIpc) is 3.17. The second-order valence-electron chi connectivity index (χ2n) is 9.45. The molecule has 6 nitrogen and oxygen atoms in total. The van der Waals surface area contributed by atoms with Gasteiger partial charge in [0.1, 0.15) is 5.76 Å². The van der Waals surface area contributed by atoms with Gasteiger partial charge in [-0.15, -0.1) is 0 Å². The van der Waals surface area contributed by atoms with Crippen molar-refractivity contribution in [2.24, 2.45) is 23.2 Å². The van der Waals surface area contributed by atoms with Crippen molar-refractivity contribution in [1.29, 1.82) is 0 Å². The third-order valence-corrected chi connectivity index (χ3v) is 7.52. The lowest BCUT2D eigenvalue weighted by Gasteiger charge is -2.59. The quantitative estimate of drug-likeness (QED) is 0.559. The zero-order chi connectivity index (χ0) is 20.2. The fraction of sp³-hybridized carbons (Fsp3) is 0.522. The monoisotopic (exact) mass is 394 g/mol. The van der Waals surface area contributed by atoms with Crippen LogP contribution in [0.3, 0.4) is 0 Å². The van der Waals surface area contributed by atoms with Crippen LogP contribution in [0.2, 0.25) is 0 Å². The molecule has 4 aliphatic rings. The first-order valence-electron chi connectivity index (χ1n) is 10.6. The Morgan fingerprint density at radius 2 is 1.79 bits per heavy atom. The Morgan fingerprint density at radius 1 is 1.14 bits per heavy atom. The average molecular weight is 394 g/mol. The second kappa shape index (κ2) is 6.71. The zero-order valence-electron chi connectivity index (χ0n) is 16.6. The predicted octanol–water partition coefficient (Wildman–Crippen LogP) is 5.19. The van der Waals surface area contributed by atoms with E-state index in [0.717, 1.165) is 17.8 Å². The van der Waals surface area contributed by atoms with Crippen molar-refractivity contribution in [3.05, 3.63) is 52.3 Å². The summed E-state index contributed by atoms with van der Waals surface area (Å²) < 4.78 is 5.75. The summed E-state index contributed by atoms with van der Waals surface area (Å²) in [6, 6.07) is 9.72. The summed E-state index contributed by atoms with van der Waals surface area (Å²) in [6.45, 7) is 2.15. The summed E-state index contributed by atoms with van der Waals surface area (Å²) in [4.78, 5) is 23.4. The number of nitro benzene ring substituents is 1. The van der Waals surface area contributed by atoms with Crippen molar-refractivity contribution in [2.75, 3.05) is 0 Å². The van der Waals surface area contributed by atoms with Gasteiger partial charge in [-0.05, 0) is 80.8 Å². The molecule has 0 unspecified atom stereocenters. The Bertz CT molecular complexity index is 928. The van der Waals surface area contributed by atoms with Crippen molar-refractivity contribution in [1.82, 2.24) is 5.32 Å². The Hall–Kier alpha value is -2.63. The number of nitro groups is 1. The van der Waals surface area contributed by atoms with Gasteiger partial charge >= 0.3 is 0 Å². The van der Waals surface area contributed by atoms with E-state index in [-0.39, 0.29) is 28.8 Å². The number of amides is 1. The molecule has 0 aliphatic heterocycles. The van der Waals surface area contributed by atoms with E-state index in [1.54, 1.807) is 24.3 Å². The van der Waals surface area contributed by atoms with E-state index in [1.165, 1.54) is 50.7 Å². The number of benzene rings is 1. The maximum atomic E-state index is 12.9. The molecule has 6 heteroatoms. The van der Waals surface area contributed by atoms with Gasteiger partial charge in [0, 0.05) is 23.7 Å². The molecule has 1 heterocycles. The Labute approximate surface area is 169 Å². The molecule has 0 radical (unpaired) electrons. The molecular formula is C23H26N2O4. The number of rotatable bonds is 5. The van der Waals surface area contributed by atoms with Crippen LogP contribution >= 0.6 is 0 Å². The molecule has 1 atom stereocenters. The first kappa shape index (κ1) is 18.4. The summed E-state index contributed by atoms with van der Waals surface area (Å²) in [7, 11) is 0. The van der Waals surface area contributed by atoms with Crippen LogP contribution in [0, 0.1) is 33.3 Å². The van der Waals surface area contributed by atoms with Gasteiger partial charge < -0.3 is 9.73 Å². The standard InChI is InChI=1S/C23H26N2O4/c1-14(23-11-15-7-16(12-23)9-17(8-15)13-23)24-22(26)21-6-5-20(29-21)18-3-2-4-19(10-18)25(27)28/h2-6,10,14-17H,7-9,11-13H2,1H3,(H,24,26)/t14-,15?,16?,17?,23?/m0/s1. The minimum absolute atomic E-state index is 0.000315. The maximum absolute atomic E-state index is 12.9. The third kappa shape index (κ3) is 3.24. The lowest BCUT2D eigenvalue weighted by atomic mass is 9.48. The van der Waals surface area contributed by atoms with Crippen LogP contribution < -0.4 is 5.32 Å². The van der Waals surface area contributed by atoms with E-state index in [9.17, 15) is 14.9 Å². The molecule has 4 aliphatic carbocycles. The van der Waals surface area contributed by atoms with Crippen molar-refractivity contribution in [3.63, 3.8) is 0 Å². The molecular weight excluding hydrogens is 368 g/mol. The first-order valence-corrected chi connectivity index (χ1v) is 10.6. The number of hydrogen-bond donors (Lipinski definition) is 1. The number of nitrogens with one attached hydrogen (secondary N) is 1. The van der Waals surface area contributed by atoms with Crippen LogP contribution in [-0.2, 0) is 0 Å². The van der Waals surface area contributed by atoms with Gasteiger partial charge in [-0.3, -0.25) is 14.9 Å². The second-order valence-corrected chi connectivity index (χ2v) is 9.45. The highest BCUT2D eigenvalue weighted by Gasteiger charge is 2.53. The lowest BCUT2D eigenvalue weighted by Crippen LogP contribution is -2.55. The molecule has 4 fully saturated rings. The molecule has 1 aromatic carbocycles. The Kier molecular flexibility index (Phi) is 4.26. The van der Waals surface area contributed by atoms with Crippen LogP contribution in [0.1, 0.15) is 56.0 Å². The van der Waals surface area contributed by atoms with E-state index in [1.807, 2.05) is 0 Å². The zero-order valence-corrected chi connectivity index (χ0v) is 16.6. The van der Waals surface area contributed by atoms with Crippen molar-refractivity contribution in [3.8, 4) is 11.3 Å². The van der Waals surface area contributed by atoms with Gasteiger partial charge in [0.05, 0.1) is 4.92 Å². The van der Waals surface area contributed by atoms with Gasteiger partial charge in [0.15, 0.2) is 5.76 Å². The summed E-state index contributed by atoms with van der Waals surface area (Å²) in [5.74, 6) is 3.02. The Morgan fingerprint density at radius 3 is 2.41 bits per heavy atom. The Balaban J connectivity index is 1.31. The molecule has 1 amide bonds. The van der Waals surface area contributed by atoms with Gasteiger partial charge in [0.2, 0.25) is 0 Å². The molecule has 2 aromatic rings. The highest BCUT2D eigenvalue weighted by atomic mass is 16.6. The fourth-order valence-corrected chi connectivity index (χ4v) is 6.52. The number of non-ortho nitro benzene ring substituents is 1. The summed E-state index contributed by atoms with van der Waals surface area (Å²) in [5, 5.41) is 14.2. The van der Waals surface area contributed by atoms with E-state index in [2.05, 4.69) is 12.2 Å². The smallest absolute Gasteiger partial charge is 0.287 e. The van der Waals surface area contributed by atoms with Gasteiger partial charge in [-0.1, -0.05) is 12.1 Å². The van der Waals surface area contributed by atoms with Crippen LogP contribution in [0.5, 0.6) is 0 Å². The minimum Gasteiger partial charge on any atom is -0.451 e. The van der Waals surface area contributed by atoms with Gasteiger partial charge in [-0.25, -0.2) is 0 Å². The molecule has 4 bridgehead atoms. The number of carbonyl (C=O) groups is 1. The third-order valence-electron chi connectivity index (χ3n) is 7.52. The van der Waals surface area contributed by atoms with E-state index in [4.69, 9.17) is 4.42 Å². The summed E-state index contributed by atoms with van der Waals surface area (Å²) >= 11 is 0. The molecule has 1 N–H and O–H groups in total. The minimum atomic E-state index is -0.437. The fourth-order valence-electron chi connectivity index (χ4n) is 6.52. The number of hydrogen-bond acceptors (Lipinski definition) is 4. The largest absolute Gasteiger partial charge is 0.451 e. The first-order chi connectivity index (χ1) is 13.9. The van der Waals surface area contributed by atoms with Crippen LogP contribution in [0.4, 0.5) is 5.69 Å². The van der Waals surface area contributed by atoms with Crippen LogP contribution in [0.15, 0.2) is 40.8 Å². The van der Waals surface area contributed by atoms with Gasteiger partial charge in [0.25, 0.3) is 11.6 Å². The van der Waals surface area contributed by atoms with Crippen LogP contribution in [-0.4, -0.2) is 16.9 Å². The molecule has 1 aromatic heterocycles. The SMILES string of the molecule is C[C@H](NC(=O)c1ccc(-c2cccc([N+](=O)[O-])c2)o1)C12CC3CC(CC(C3)C1)C2. The predicted molar refractivity (Wildman–Crippen MR) is 108 cm³/mol. The molecule has 0 saturated heterocycles. The number of nitrogens with zero attached hydrogens (tertiary/aromatic N) is 1. The number of carbonyl (C=O) groups excluding carboxylic acids is 1. The van der Waals surface area contributed by atoms with E-state index in [0.29, 0.717) is 11.3 Å². The molecule has 29 heavy (non-hydrogen) atoms. The molecule has 152 valence electrons. The van der Waals surface area contributed by atoms with Gasteiger partial charge in [-0.2, -0.15) is 0 Å². The van der Waals surface area contributed by atoms with E-state index < -0.39 is 4.92 Å². The van der Waals surface area contributed by atoms with E-state index >= 15 is 0 Å². The highest BCUT2D eigenvalue weighted by Crippen LogP contribution is 2.61. The molecule has 6 rings (SSSR count). The number of furan rings is 1. The van der Waals surface area contributed by atoms with Crippen molar-refractivity contribution >= 4 is 11.6 Å². The highest BCUT2D eigenvalue weighted by molar-refractivity contribution is 5.92. The molecule has 4 saturated carbocycles. The summed E-state index contributed by atoms with van der Waals surface area (Å²) in [6.07, 6.45) is 7.84. The summed E-state index contributed by atoms with van der Waals surface area (Å²) in [5.41, 5.74) is 0.826. The maximum Gasteiger partial charge on any atom is 0.287 e.